The van der Waals surface area contributed by atoms with Gasteiger partial charge in [-0.2, -0.15) is 0 Å². The van der Waals surface area contributed by atoms with E-state index in [-0.39, 0.29) is 6.04 Å². The molecule has 1 aromatic heterocycles. The average molecular weight is 502 g/mol. The molecular weight excluding hydrogens is 470 g/mol. The fourth-order valence-corrected chi connectivity index (χ4v) is 6.22. The SMILES string of the molecule is CCOc1cc(C(c2cc3ccccc3s2)N2CCCCC2C(=O)O)ccc1OCc1ccccc1. The van der Waals surface area contributed by atoms with Gasteiger partial charge in [-0.3, -0.25) is 9.69 Å². The van der Waals surface area contributed by atoms with Crippen LogP contribution in [0.15, 0.2) is 78.9 Å². The van der Waals surface area contributed by atoms with E-state index in [9.17, 15) is 9.90 Å². The van der Waals surface area contributed by atoms with Crippen LogP contribution in [0.2, 0.25) is 0 Å². The number of fused-ring (bicyclic) bond motifs is 1. The number of hydrogen-bond donors (Lipinski definition) is 1. The molecule has 2 unspecified atom stereocenters. The number of carboxylic acid groups (broad SMARTS) is 1. The Morgan fingerprint density at radius 3 is 2.58 bits per heavy atom. The number of nitrogens with zero attached hydrogens (tertiary/aromatic N) is 1. The molecule has 1 N–H and O–H groups in total. The van der Waals surface area contributed by atoms with E-state index in [1.54, 1.807) is 11.3 Å². The van der Waals surface area contributed by atoms with Gasteiger partial charge in [0.15, 0.2) is 11.5 Å². The van der Waals surface area contributed by atoms with E-state index >= 15 is 0 Å². The van der Waals surface area contributed by atoms with Crippen LogP contribution in [0.5, 0.6) is 11.5 Å². The Morgan fingerprint density at radius 1 is 1.00 bits per heavy atom. The maximum absolute atomic E-state index is 12.3. The highest BCUT2D eigenvalue weighted by molar-refractivity contribution is 7.19. The van der Waals surface area contributed by atoms with Gasteiger partial charge in [0, 0.05) is 9.58 Å². The van der Waals surface area contributed by atoms with Crippen LogP contribution >= 0.6 is 11.3 Å². The maximum Gasteiger partial charge on any atom is 0.320 e. The number of thiophene rings is 1. The third-order valence-electron chi connectivity index (χ3n) is 6.70. The molecule has 4 aromatic rings. The van der Waals surface area contributed by atoms with E-state index < -0.39 is 12.0 Å². The summed E-state index contributed by atoms with van der Waals surface area (Å²) < 4.78 is 13.4. The molecule has 2 heterocycles. The Bertz CT molecular complexity index is 1290. The number of piperidine rings is 1. The number of carbonyl (C=O) groups is 1. The van der Waals surface area contributed by atoms with E-state index in [0.717, 1.165) is 35.4 Å². The lowest BCUT2D eigenvalue weighted by Gasteiger charge is -2.39. The van der Waals surface area contributed by atoms with Crippen molar-refractivity contribution >= 4 is 27.4 Å². The first-order valence-electron chi connectivity index (χ1n) is 12.5. The lowest BCUT2D eigenvalue weighted by atomic mass is 9.95. The van der Waals surface area contributed by atoms with Gasteiger partial charge in [-0.05, 0) is 67.1 Å². The second kappa shape index (κ2) is 11.1. The van der Waals surface area contributed by atoms with Gasteiger partial charge in [0.05, 0.1) is 12.6 Å². The zero-order chi connectivity index (χ0) is 24.9. The monoisotopic (exact) mass is 501 g/mol. The summed E-state index contributed by atoms with van der Waals surface area (Å²) in [4.78, 5) is 15.6. The highest BCUT2D eigenvalue weighted by atomic mass is 32.1. The third kappa shape index (κ3) is 5.25. The molecule has 6 heteroatoms. The predicted octanol–water partition coefficient (Wildman–Crippen LogP) is 6.91. The number of ether oxygens (including phenoxy) is 2. The summed E-state index contributed by atoms with van der Waals surface area (Å²) in [6.07, 6.45) is 2.58. The Hall–Kier alpha value is -3.35. The molecule has 1 saturated heterocycles. The number of hydrogen-bond acceptors (Lipinski definition) is 5. The van der Waals surface area contributed by atoms with Crippen molar-refractivity contribution in [2.45, 2.75) is 44.9 Å². The minimum Gasteiger partial charge on any atom is -0.490 e. The molecule has 1 aliphatic heterocycles. The molecule has 2 atom stereocenters. The molecule has 186 valence electrons. The second-order valence-electron chi connectivity index (χ2n) is 9.09. The molecular formula is C30H31NO4S. The predicted molar refractivity (Wildman–Crippen MR) is 144 cm³/mol. The molecule has 36 heavy (non-hydrogen) atoms. The summed E-state index contributed by atoms with van der Waals surface area (Å²) >= 11 is 1.73. The lowest BCUT2D eigenvalue weighted by molar-refractivity contribution is -0.145. The van der Waals surface area contributed by atoms with Crippen LogP contribution in [0.4, 0.5) is 0 Å². The third-order valence-corrected chi connectivity index (χ3v) is 7.86. The molecule has 0 amide bonds. The Kier molecular flexibility index (Phi) is 7.54. The number of carboxylic acids is 1. The van der Waals surface area contributed by atoms with Crippen LogP contribution in [-0.2, 0) is 11.4 Å². The molecule has 1 fully saturated rings. The van der Waals surface area contributed by atoms with Crippen molar-refractivity contribution in [2.75, 3.05) is 13.2 Å². The molecule has 0 bridgehead atoms. The van der Waals surface area contributed by atoms with E-state index in [2.05, 4.69) is 29.2 Å². The number of benzene rings is 3. The first-order chi connectivity index (χ1) is 17.6. The van der Waals surface area contributed by atoms with Crippen LogP contribution in [0.25, 0.3) is 10.1 Å². The highest BCUT2D eigenvalue weighted by Crippen LogP contribution is 2.42. The summed E-state index contributed by atoms with van der Waals surface area (Å²) in [5.74, 6) is 0.613. The van der Waals surface area contributed by atoms with Crippen molar-refractivity contribution in [1.29, 1.82) is 0 Å². The van der Waals surface area contributed by atoms with Crippen molar-refractivity contribution in [2.24, 2.45) is 0 Å². The minimum absolute atomic E-state index is 0.175. The van der Waals surface area contributed by atoms with Crippen molar-refractivity contribution < 1.29 is 19.4 Å². The summed E-state index contributed by atoms with van der Waals surface area (Å²) in [6, 6.07) is 26.0. The van der Waals surface area contributed by atoms with Crippen LogP contribution < -0.4 is 9.47 Å². The Balaban J connectivity index is 1.54. The molecule has 0 saturated carbocycles. The Labute approximate surface area is 215 Å². The lowest BCUT2D eigenvalue weighted by Crippen LogP contribution is -2.46. The molecule has 0 aliphatic carbocycles. The second-order valence-corrected chi connectivity index (χ2v) is 10.2. The first kappa shape index (κ1) is 24.3. The van der Waals surface area contributed by atoms with Crippen molar-refractivity contribution in [3.05, 3.63) is 94.9 Å². The van der Waals surface area contributed by atoms with Crippen molar-refractivity contribution in [1.82, 2.24) is 4.90 Å². The fraction of sp³-hybridized carbons (Fsp3) is 0.300. The number of aliphatic carboxylic acids is 1. The minimum atomic E-state index is -0.756. The van der Waals surface area contributed by atoms with Gasteiger partial charge in [-0.15, -0.1) is 11.3 Å². The molecule has 0 spiro atoms. The van der Waals surface area contributed by atoms with E-state index in [1.165, 1.54) is 10.1 Å². The van der Waals surface area contributed by atoms with E-state index in [4.69, 9.17) is 9.47 Å². The standard InChI is InChI=1S/C30H31NO4S/c1-2-34-26-18-23(15-16-25(26)35-20-21-10-4-3-5-11-21)29(31-17-9-8-13-24(31)30(32)33)28-19-22-12-6-7-14-27(22)36-28/h3-7,10-12,14-16,18-19,24,29H,2,8-9,13,17,20H2,1H3,(H,32,33). The molecule has 5 rings (SSSR count). The Morgan fingerprint density at radius 2 is 1.81 bits per heavy atom. The fourth-order valence-electron chi connectivity index (χ4n) is 5.00. The van der Waals surface area contributed by atoms with Gasteiger partial charge < -0.3 is 14.6 Å². The zero-order valence-corrected chi connectivity index (χ0v) is 21.2. The molecule has 0 radical (unpaired) electrons. The largest absolute Gasteiger partial charge is 0.490 e. The highest BCUT2D eigenvalue weighted by Gasteiger charge is 2.36. The summed E-state index contributed by atoms with van der Waals surface area (Å²) in [5.41, 5.74) is 2.11. The zero-order valence-electron chi connectivity index (χ0n) is 20.4. The average Bonchev–Trinajstić information content (AvgIpc) is 3.33. The van der Waals surface area contributed by atoms with Crippen molar-refractivity contribution in [3.63, 3.8) is 0 Å². The summed E-state index contributed by atoms with van der Waals surface area (Å²) in [7, 11) is 0. The van der Waals surface area contributed by atoms with Gasteiger partial charge in [-0.25, -0.2) is 0 Å². The van der Waals surface area contributed by atoms with Gasteiger partial charge in [0.2, 0.25) is 0 Å². The number of rotatable bonds is 9. The number of likely N-dealkylation sites (tertiary alicyclic amines) is 1. The smallest absolute Gasteiger partial charge is 0.320 e. The van der Waals surface area contributed by atoms with Crippen molar-refractivity contribution in [3.8, 4) is 11.5 Å². The topological polar surface area (TPSA) is 59.0 Å². The molecule has 1 aliphatic rings. The van der Waals surface area contributed by atoms with Gasteiger partial charge in [0.1, 0.15) is 12.6 Å². The van der Waals surface area contributed by atoms with E-state index in [1.807, 2.05) is 61.5 Å². The van der Waals surface area contributed by atoms with Gasteiger partial charge in [0.25, 0.3) is 0 Å². The molecule has 3 aromatic carbocycles. The summed E-state index contributed by atoms with van der Waals surface area (Å²) in [5, 5.41) is 11.2. The quantitative estimate of drug-likeness (QED) is 0.270. The normalized spacial score (nSPS) is 17.1. The van der Waals surface area contributed by atoms with Crippen LogP contribution in [0.3, 0.4) is 0 Å². The van der Waals surface area contributed by atoms with Crippen LogP contribution in [0.1, 0.15) is 48.2 Å². The van der Waals surface area contributed by atoms with Gasteiger partial charge >= 0.3 is 5.97 Å². The first-order valence-corrected chi connectivity index (χ1v) is 13.4. The summed E-state index contributed by atoms with van der Waals surface area (Å²) in [6.45, 7) is 3.67. The maximum atomic E-state index is 12.3. The molecule has 5 nitrogen and oxygen atoms in total. The van der Waals surface area contributed by atoms with Crippen LogP contribution in [-0.4, -0.2) is 35.2 Å². The van der Waals surface area contributed by atoms with Gasteiger partial charge in [-0.1, -0.05) is 61.0 Å². The van der Waals surface area contributed by atoms with Crippen LogP contribution in [0, 0.1) is 0 Å². The van der Waals surface area contributed by atoms with E-state index in [0.29, 0.717) is 31.1 Å².